The van der Waals surface area contributed by atoms with Gasteiger partial charge < -0.3 is 0 Å². The summed E-state index contributed by atoms with van der Waals surface area (Å²) in [5.74, 6) is -0.823. The van der Waals surface area contributed by atoms with E-state index in [0.29, 0.717) is 0 Å². The lowest BCUT2D eigenvalue weighted by Gasteiger charge is -2.04. The molecule has 0 aliphatic heterocycles. The van der Waals surface area contributed by atoms with Crippen molar-refractivity contribution in [3.63, 3.8) is 0 Å². The summed E-state index contributed by atoms with van der Waals surface area (Å²) in [4.78, 5) is 32.8. The summed E-state index contributed by atoms with van der Waals surface area (Å²) in [6.07, 6.45) is 0. The van der Waals surface area contributed by atoms with Gasteiger partial charge in [0, 0.05) is 6.07 Å². The quantitative estimate of drug-likeness (QED) is 0.489. The highest BCUT2D eigenvalue weighted by molar-refractivity contribution is 6.33. The van der Waals surface area contributed by atoms with Gasteiger partial charge in [-0.2, -0.15) is 0 Å². The van der Waals surface area contributed by atoms with Crippen LogP contribution in [0.1, 0.15) is 15.9 Å². The minimum atomic E-state index is -0.823. The predicted octanol–water partition coefficient (Wildman–Crippen LogP) is 3.39. The number of halogens is 1. The second-order valence-corrected chi connectivity index (χ2v) is 4.40. The van der Waals surface area contributed by atoms with Gasteiger partial charge in [-0.05, 0) is 18.2 Å². The van der Waals surface area contributed by atoms with Crippen LogP contribution in [0.4, 0.5) is 11.4 Å². The lowest BCUT2D eigenvalue weighted by atomic mass is 10.0. The number of hydrogen-bond acceptors (Lipinski definition) is 5. The molecule has 7 nitrogen and oxygen atoms in total. The Morgan fingerprint density at radius 1 is 0.905 bits per heavy atom. The van der Waals surface area contributed by atoms with Crippen LogP contribution in [0.5, 0.6) is 0 Å². The van der Waals surface area contributed by atoms with Crippen molar-refractivity contribution < 1.29 is 14.6 Å². The largest absolute Gasteiger partial charge is 0.298 e. The van der Waals surface area contributed by atoms with Gasteiger partial charge in [0.15, 0.2) is 0 Å². The van der Waals surface area contributed by atoms with Crippen LogP contribution in [-0.2, 0) is 0 Å². The third-order valence-electron chi connectivity index (χ3n) is 2.76. The molecule has 0 bridgehead atoms. The Balaban J connectivity index is 2.64. The number of nitro groups is 2. The number of para-hydroxylation sites is 2. The molecule has 0 fully saturated rings. The van der Waals surface area contributed by atoms with Crippen LogP contribution in [0.15, 0.2) is 42.5 Å². The molecule has 0 atom stereocenters. The van der Waals surface area contributed by atoms with Crippen molar-refractivity contribution in [1.29, 1.82) is 0 Å². The molecule has 0 amide bonds. The van der Waals surface area contributed by atoms with Crippen molar-refractivity contribution in [2.75, 3.05) is 0 Å². The zero-order valence-electron chi connectivity index (χ0n) is 10.4. The van der Waals surface area contributed by atoms with Crippen molar-refractivity contribution in [3.8, 4) is 0 Å². The minimum Gasteiger partial charge on any atom is -0.288 e. The first kappa shape index (κ1) is 14.6. The van der Waals surface area contributed by atoms with Gasteiger partial charge in [-0.25, -0.2) is 0 Å². The molecule has 0 aromatic heterocycles. The Kier molecular flexibility index (Phi) is 3.95. The molecule has 0 aliphatic rings. The van der Waals surface area contributed by atoms with Crippen LogP contribution in [-0.4, -0.2) is 15.6 Å². The van der Waals surface area contributed by atoms with Crippen molar-refractivity contribution in [2.45, 2.75) is 0 Å². The zero-order chi connectivity index (χ0) is 15.6. The highest BCUT2D eigenvalue weighted by Gasteiger charge is 2.28. The van der Waals surface area contributed by atoms with Gasteiger partial charge >= 0.3 is 0 Å². The van der Waals surface area contributed by atoms with Gasteiger partial charge in [0.2, 0.25) is 5.78 Å². The number of ketones is 1. The van der Waals surface area contributed by atoms with Crippen molar-refractivity contribution in [2.24, 2.45) is 0 Å². The van der Waals surface area contributed by atoms with Crippen LogP contribution in [0.25, 0.3) is 0 Å². The SMILES string of the molecule is O=C(c1ccccc1[N+](=O)[O-])c1cccc(Cl)c1[N+](=O)[O-]. The van der Waals surface area contributed by atoms with E-state index in [0.717, 1.165) is 6.07 Å². The molecule has 2 aromatic rings. The van der Waals surface area contributed by atoms with E-state index in [9.17, 15) is 25.0 Å². The Bertz CT molecular complexity index is 760. The summed E-state index contributed by atoms with van der Waals surface area (Å²) in [6.45, 7) is 0. The molecule has 21 heavy (non-hydrogen) atoms. The lowest BCUT2D eigenvalue weighted by Crippen LogP contribution is -2.08. The minimum absolute atomic E-state index is 0.204. The fraction of sp³-hybridized carbons (Fsp3) is 0. The van der Waals surface area contributed by atoms with Crippen LogP contribution < -0.4 is 0 Å². The average molecular weight is 307 g/mol. The summed E-state index contributed by atoms with van der Waals surface area (Å²) in [7, 11) is 0. The molecule has 2 aromatic carbocycles. The Morgan fingerprint density at radius 2 is 1.52 bits per heavy atom. The molecule has 0 heterocycles. The molecule has 0 N–H and O–H groups in total. The first-order chi connectivity index (χ1) is 9.93. The van der Waals surface area contributed by atoms with Crippen molar-refractivity contribution in [3.05, 3.63) is 78.8 Å². The van der Waals surface area contributed by atoms with Crippen LogP contribution >= 0.6 is 11.6 Å². The topological polar surface area (TPSA) is 103 Å². The Hall–Kier alpha value is -2.80. The highest BCUT2D eigenvalue weighted by atomic mass is 35.5. The maximum atomic E-state index is 12.4. The number of benzene rings is 2. The fourth-order valence-electron chi connectivity index (χ4n) is 1.85. The van der Waals surface area contributed by atoms with Gasteiger partial charge in [-0.15, -0.1) is 0 Å². The number of rotatable bonds is 4. The third kappa shape index (κ3) is 2.72. The number of carbonyl (C=O) groups is 1. The monoisotopic (exact) mass is 306 g/mol. The zero-order valence-corrected chi connectivity index (χ0v) is 11.1. The Labute approximate surface area is 123 Å². The van der Waals surface area contributed by atoms with Crippen LogP contribution in [0.3, 0.4) is 0 Å². The third-order valence-corrected chi connectivity index (χ3v) is 3.06. The summed E-state index contributed by atoms with van der Waals surface area (Å²) in [6, 6.07) is 9.10. The number of hydrogen-bond donors (Lipinski definition) is 0. The van der Waals surface area contributed by atoms with E-state index in [1.165, 1.54) is 36.4 Å². The second kappa shape index (κ2) is 5.68. The van der Waals surface area contributed by atoms with E-state index in [1.807, 2.05) is 0 Å². The molecule has 2 rings (SSSR count). The van der Waals surface area contributed by atoms with Crippen LogP contribution in [0, 0.1) is 20.2 Å². The molecule has 0 spiro atoms. The number of carbonyl (C=O) groups excluding carboxylic acids is 1. The molecule has 106 valence electrons. The smallest absolute Gasteiger partial charge is 0.288 e. The van der Waals surface area contributed by atoms with E-state index in [1.54, 1.807) is 0 Å². The normalized spacial score (nSPS) is 10.1. The van der Waals surface area contributed by atoms with Gasteiger partial charge in [-0.3, -0.25) is 25.0 Å². The van der Waals surface area contributed by atoms with Gasteiger partial charge in [0.25, 0.3) is 11.4 Å². The molecular formula is C13H7ClN2O5. The molecule has 0 saturated carbocycles. The molecule has 0 saturated heterocycles. The first-order valence-electron chi connectivity index (χ1n) is 5.64. The predicted molar refractivity (Wildman–Crippen MR) is 74.6 cm³/mol. The van der Waals surface area contributed by atoms with Gasteiger partial charge in [0.1, 0.15) is 16.1 Å². The molecule has 8 heteroatoms. The summed E-state index contributed by atoms with van der Waals surface area (Å²) >= 11 is 5.73. The van der Waals surface area contributed by atoms with E-state index in [-0.39, 0.29) is 16.1 Å². The molecule has 0 unspecified atom stereocenters. The summed E-state index contributed by atoms with van der Waals surface area (Å²) in [5, 5.41) is 21.8. The van der Waals surface area contributed by atoms with E-state index in [2.05, 4.69) is 0 Å². The van der Waals surface area contributed by atoms with Gasteiger partial charge in [-0.1, -0.05) is 29.8 Å². The average Bonchev–Trinajstić information content (AvgIpc) is 2.45. The highest BCUT2D eigenvalue weighted by Crippen LogP contribution is 2.31. The Morgan fingerprint density at radius 3 is 2.14 bits per heavy atom. The molecule has 0 aliphatic carbocycles. The fourth-order valence-corrected chi connectivity index (χ4v) is 2.10. The number of nitrogens with zero attached hydrogens (tertiary/aromatic N) is 2. The van der Waals surface area contributed by atoms with Crippen molar-refractivity contribution >= 4 is 28.8 Å². The van der Waals surface area contributed by atoms with Crippen LogP contribution in [0.2, 0.25) is 5.02 Å². The van der Waals surface area contributed by atoms with E-state index in [4.69, 9.17) is 11.6 Å². The molecular weight excluding hydrogens is 300 g/mol. The van der Waals surface area contributed by atoms with Gasteiger partial charge in [0.05, 0.1) is 9.85 Å². The lowest BCUT2D eigenvalue weighted by molar-refractivity contribution is -0.385. The summed E-state index contributed by atoms with van der Waals surface area (Å²) < 4.78 is 0. The summed E-state index contributed by atoms with van der Waals surface area (Å²) in [5.41, 5.74) is -1.51. The first-order valence-corrected chi connectivity index (χ1v) is 6.02. The maximum Gasteiger partial charge on any atom is 0.298 e. The maximum absolute atomic E-state index is 12.4. The standard InChI is InChI=1S/C13H7ClN2O5/c14-10-6-3-5-9(12(10)16(20)21)13(17)8-4-1-2-7-11(8)15(18)19/h1-7H. The van der Waals surface area contributed by atoms with Crippen molar-refractivity contribution in [1.82, 2.24) is 0 Å². The second-order valence-electron chi connectivity index (χ2n) is 4.00. The van der Waals surface area contributed by atoms with E-state index < -0.39 is 27.0 Å². The van der Waals surface area contributed by atoms with E-state index >= 15 is 0 Å². The number of nitro benzene ring substituents is 2. The molecule has 0 radical (unpaired) electrons.